The minimum atomic E-state index is -4.35. The molecule has 3 unspecified atom stereocenters. The Morgan fingerprint density at radius 2 is 0.981 bits per heavy atom. The summed E-state index contributed by atoms with van der Waals surface area (Å²) < 4.78 is 22.1. The van der Waals surface area contributed by atoms with E-state index in [1.54, 1.807) is 6.08 Å². The van der Waals surface area contributed by atoms with E-state index in [0.717, 1.165) is 51.4 Å². The third kappa shape index (κ3) is 39.0. The highest BCUT2D eigenvalue weighted by Crippen LogP contribution is 2.43. The molecule has 1 amide bonds. The molecule has 3 atom stereocenters. The Bertz CT molecular complexity index is 943. The number of nitrogens with two attached hydrogens (primary N) is 1. The van der Waals surface area contributed by atoms with Crippen molar-refractivity contribution in [1.82, 2.24) is 5.32 Å². The minimum Gasteiger partial charge on any atom is -0.387 e. The summed E-state index contributed by atoms with van der Waals surface area (Å²) in [5, 5.41) is 13.6. The number of hydrogen-bond acceptors (Lipinski definition) is 6. The van der Waals surface area contributed by atoms with E-state index in [9.17, 15) is 19.4 Å². The van der Waals surface area contributed by atoms with Crippen LogP contribution in [-0.4, -0.2) is 47.8 Å². The van der Waals surface area contributed by atoms with Crippen LogP contribution in [0.15, 0.2) is 36.5 Å². The molecule has 8 nitrogen and oxygen atoms in total. The number of rotatable bonds is 42. The third-order valence-electron chi connectivity index (χ3n) is 9.95. The van der Waals surface area contributed by atoms with Crippen molar-refractivity contribution in [2.24, 2.45) is 5.73 Å². The summed E-state index contributed by atoms with van der Waals surface area (Å²) in [6, 6.07) is -0.879. The van der Waals surface area contributed by atoms with Crippen LogP contribution in [-0.2, 0) is 18.4 Å². The fourth-order valence-electron chi connectivity index (χ4n) is 6.50. The lowest BCUT2D eigenvalue weighted by atomic mass is 10.0. The van der Waals surface area contributed by atoms with Gasteiger partial charge in [0, 0.05) is 13.0 Å². The van der Waals surface area contributed by atoms with Crippen LogP contribution >= 0.6 is 7.82 Å². The normalized spacial score (nSPS) is 14.4. The van der Waals surface area contributed by atoms with Gasteiger partial charge in [-0.15, -0.1) is 0 Å². The Morgan fingerprint density at radius 3 is 1.41 bits per heavy atom. The minimum absolute atomic E-state index is 0.0725. The van der Waals surface area contributed by atoms with Crippen molar-refractivity contribution in [2.75, 3.05) is 19.8 Å². The second kappa shape index (κ2) is 41.4. The largest absolute Gasteiger partial charge is 0.472 e. The fourth-order valence-corrected chi connectivity index (χ4v) is 7.26. The van der Waals surface area contributed by atoms with E-state index in [0.29, 0.717) is 6.42 Å². The van der Waals surface area contributed by atoms with Gasteiger partial charge in [0.25, 0.3) is 0 Å². The van der Waals surface area contributed by atoms with Gasteiger partial charge in [0.2, 0.25) is 5.91 Å². The first kappa shape index (κ1) is 52.7. The summed E-state index contributed by atoms with van der Waals surface area (Å²) in [6.45, 7) is 4.07. The molecule has 0 saturated carbocycles. The molecule has 9 heteroatoms. The lowest BCUT2D eigenvalue weighted by Gasteiger charge is -2.23. The quantitative estimate of drug-likeness (QED) is 0.0275. The standard InChI is InChI=1S/C45H87N2O6P/c1-3-5-7-9-11-13-15-17-18-19-20-21-22-23-24-25-26-27-29-31-33-35-37-39-45(49)47-43(42-53-54(50,51)52-41-40-46)44(48)38-36-34-32-30-28-16-14-12-10-8-6-4-2/h10,12,28,30,36,38,43-44,48H,3-9,11,13-27,29,31-35,37,39-42,46H2,1-2H3,(H,47,49)(H,50,51)/b12-10+,30-28+,38-36+. The van der Waals surface area contributed by atoms with Crippen LogP contribution in [0.5, 0.6) is 0 Å². The van der Waals surface area contributed by atoms with E-state index < -0.39 is 20.0 Å². The molecule has 0 heterocycles. The molecule has 54 heavy (non-hydrogen) atoms. The highest BCUT2D eigenvalue weighted by Gasteiger charge is 2.26. The summed E-state index contributed by atoms with van der Waals surface area (Å²) in [5.41, 5.74) is 5.37. The molecule has 0 bridgehead atoms. The number of carbonyl (C=O) groups is 1. The molecule has 0 aliphatic carbocycles. The average Bonchev–Trinajstić information content (AvgIpc) is 3.16. The first-order valence-electron chi connectivity index (χ1n) is 22.6. The van der Waals surface area contributed by atoms with Crippen LogP contribution in [0.4, 0.5) is 0 Å². The Morgan fingerprint density at radius 1 is 0.593 bits per heavy atom. The summed E-state index contributed by atoms with van der Waals surface area (Å²) >= 11 is 0. The Hall–Kier alpha value is -1.28. The number of nitrogens with one attached hydrogen (secondary N) is 1. The fraction of sp³-hybridized carbons (Fsp3) is 0.844. The third-order valence-corrected chi connectivity index (χ3v) is 10.9. The van der Waals surface area contributed by atoms with Crippen LogP contribution in [0.3, 0.4) is 0 Å². The zero-order valence-electron chi connectivity index (χ0n) is 35.2. The van der Waals surface area contributed by atoms with Crippen LogP contribution < -0.4 is 11.1 Å². The number of amides is 1. The Balaban J connectivity index is 4.08. The summed E-state index contributed by atoms with van der Waals surface area (Å²) in [7, 11) is -4.35. The van der Waals surface area contributed by atoms with E-state index in [2.05, 4.69) is 43.5 Å². The van der Waals surface area contributed by atoms with Crippen molar-refractivity contribution >= 4 is 13.7 Å². The van der Waals surface area contributed by atoms with Gasteiger partial charge in [-0.1, -0.05) is 204 Å². The molecule has 0 rings (SSSR count). The number of hydrogen-bond donors (Lipinski definition) is 4. The van der Waals surface area contributed by atoms with E-state index in [1.807, 2.05) is 6.08 Å². The highest BCUT2D eigenvalue weighted by atomic mass is 31.2. The van der Waals surface area contributed by atoms with Gasteiger partial charge in [-0.3, -0.25) is 13.8 Å². The zero-order chi connectivity index (χ0) is 39.6. The van der Waals surface area contributed by atoms with Gasteiger partial charge in [-0.25, -0.2) is 4.57 Å². The van der Waals surface area contributed by atoms with Crippen molar-refractivity contribution in [2.45, 2.75) is 225 Å². The molecule has 0 aromatic heterocycles. The van der Waals surface area contributed by atoms with Crippen molar-refractivity contribution < 1.29 is 28.4 Å². The van der Waals surface area contributed by atoms with Crippen molar-refractivity contribution in [1.29, 1.82) is 0 Å². The molecule has 5 N–H and O–H groups in total. The van der Waals surface area contributed by atoms with Gasteiger partial charge < -0.3 is 21.1 Å². The SMILES string of the molecule is CCCC/C=C/CC/C=C/CC/C=C/C(O)C(COP(=O)(O)OCCN)NC(=O)CCCCCCCCCCCCCCCCCCCCCCCCC. The number of aliphatic hydroxyl groups excluding tert-OH is 1. The van der Waals surface area contributed by atoms with Crippen molar-refractivity contribution in [3.05, 3.63) is 36.5 Å². The second-order valence-electron chi connectivity index (χ2n) is 15.2. The summed E-state index contributed by atoms with van der Waals surface area (Å²) in [4.78, 5) is 22.7. The predicted molar refractivity (Wildman–Crippen MR) is 231 cm³/mol. The highest BCUT2D eigenvalue weighted by molar-refractivity contribution is 7.47. The topological polar surface area (TPSA) is 131 Å². The lowest BCUT2D eigenvalue weighted by Crippen LogP contribution is -2.45. The lowest BCUT2D eigenvalue weighted by molar-refractivity contribution is -0.123. The number of allylic oxidation sites excluding steroid dienone is 5. The average molecular weight is 783 g/mol. The number of aliphatic hydroxyl groups is 1. The smallest absolute Gasteiger partial charge is 0.387 e. The molecule has 0 aliphatic rings. The monoisotopic (exact) mass is 783 g/mol. The molecule has 0 saturated heterocycles. The summed E-state index contributed by atoms with van der Waals surface area (Å²) in [5.74, 6) is -0.207. The van der Waals surface area contributed by atoms with Gasteiger partial charge in [-0.05, 0) is 38.5 Å². The van der Waals surface area contributed by atoms with Gasteiger partial charge in [-0.2, -0.15) is 0 Å². The first-order chi connectivity index (χ1) is 26.4. The number of phosphoric ester groups is 1. The van der Waals surface area contributed by atoms with E-state index in [1.165, 1.54) is 141 Å². The van der Waals surface area contributed by atoms with Crippen LogP contribution in [0.1, 0.15) is 213 Å². The van der Waals surface area contributed by atoms with Crippen LogP contribution in [0.2, 0.25) is 0 Å². The molecule has 0 aromatic carbocycles. The molecule has 0 radical (unpaired) electrons. The van der Waals surface area contributed by atoms with Gasteiger partial charge in [0.15, 0.2) is 0 Å². The van der Waals surface area contributed by atoms with Crippen LogP contribution in [0.25, 0.3) is 0 Å². The maximum atomic E-state index is 12.8. The van der Waals surface area contributed by atoms with E-state index in [4.69, 9.17) is 14.8 Å². The first-order valence-corrected chi connectivity index (χ1v) is 24.1. The number of unbranched alkanes of at least 4 members (excludes halogenated alkanes) is 26. The zero-order valence-corrected chi connectivity index (χ0v) is 36.1. The van der Waals surface area contributed by atoms with Crippen LogP contribution in [0, 0.1) is 0 Å². The van der Waals surface area contributed by atoms with Gasteiger partial charge in [0.05, 0.1) is 25.4 Å². The Kier molecular flexibility index (Phi) is 40.4. The van der Waals surface area contributed by atoms with Gasteiger partial charge >= 0.3 is 7.82 Å². The maximum Gasteiger partial charge on any atom is 0.472 e. The van der Waals surface area contributed by atoms with Gasteiger partial charge in [0.1, 0.15) is 0 Å². The molecule has 0 spiro atoms. The number of carbonyl (C=O) groups excluding carboxylic acids is 1. The van der Waals surface area contributed by atoms with E-state index in [-0.39, 0.29) is 25.7 Å². The van der Waals surface area contributed by atoms with Crippen molar-refractivity contribution in [3.63, 3.8) is 0 Å². The molecule has 0 aromatic rings. The predicted octanol–water partition coefficient (Wildman–Crippen LogP) is 12.7. The van der Waals surface area contributed by atoms with Crippen molar-refractivity contribution in [3.8, 4) is 0 Å². The molecular formula is C45H87N2O6P. The summed E-state index contributed by atoms with van der Waals surface area (Å²) in [6.07, 6.45) is 49.3. The number of phosphoric acid groups is 1. The van der Waals surface area contributed by atoms with E-state index >= 15 is 0 Å². The Labute approximate surface area is 333 Å². The molecular weight excluding hydrogens is 695 g/mol. The molecule has 0 aliphatic heterocycles. The second-order valence-corrected chi connectivity index (χ2v) is 16.7. The molecule has 0 fully saturated rings. The molecule has 318 valence electrons. The maximum absolute atomic E-state index is 12.8.